The summed E-state index contributed by atoms with van der Waals surface area (Å²) in [5, 5.41) is 3.12. The molecule has 0 saturated heterocycles. The van der Waals surface area contributed by atoms with Crippen molar-refractivity contribution in [1.29, 1.82) is 0 Å². The van der Waals surface area contributed by atoms with Gasteiger partial charge in [0.1, 0.15) is 0 Å². The average molecular weight is 269 g/mol. The van der Waals surface area contributed by atoms with Gasteiger partial charge in [0, 0.05) is 13.1 Å². The summed E-state index contributed by atoms with van der Waals surface area (Å²) >= 11 is 5.94. The van der Waals surface area contributed by atoms with Crippen LogP contribution in [0.4, 0.5) is 0 Å². The van der Waals surface area contributed by atoms with Crippen LogP contribution in [0.1, 0.15) is 24.2 Å². The molecule has 0 heterocycles. The number of amides is 2. The third-order valence-electron chi connectivity index (χ3n) is 2.28. The molecular formula is C13H17ClN2O2. The van der Waals surface area contributed by atoms with Gasteiger partial charge in [-0.2, -0.15) is 0 Å². The Morgan fingerprint density at radius 1 is 1.33 bits per heavy atom. The molecular weight excluding hydrogens is 252 g/mol. The van der Waals surface area contributed by atoms with Gasteiger partial charge in [-0.1, -0.05) is 23.7 Å². The minimum absolute atomic E-state index is 0.0161. The smallest absolute Gasteiger partial charge is 0.255 e. The van der Waals surface area contributed by atoms with Crippen LogP contribution in [0, 0.1) is 0 Å². The molecule has 0 aliphatic carbocycles. The van der Waals surface area contributed by atoms with Crippen molar-refractivity contribution >= 4 is 23.4 Å². The highest BCUT2D eigenvalue weighted by Gasteiger charge is 2.17. The van der Waals surface area contributed by atoms with Crippen LogP contribution in [0.25, 0.3) is 0 Å². The molecule has 1 rings (SSSR count). The van der Waals surface area contributed by atoms with Crippen LogP contribution in [0.3, 0.4) is 0 Å². The first kappa shape index (κ1) is 14.5. The minimum atomic E-state index is -0.264. The van der Waals surface area contributed by atoms with Gasteiger partial charge >= 0.3 is 0 Å². The van der Waals surface area contributed by atoms with Crippen molar-refractivity contribution in [2.24, 2.45) is 0 Å². The number of carbonyl (C=O) groups excluding carboxylic acids is 2. The number of nitrogens with one attached hydrogen (secondary N) is 1. The second kappa shape index (κ2) is 6.40. The number of benzene rings is 1. The molecule has 2 amide bonds. The molecule has 18 heavy (non-hydrogen) atoms. The molecule has 0 aliphatic rings. The first-order chi connectivity index (χ1) is 8.41. The summed E-state index contributed by atoms with van der Waals surface area (Å²) in [6, 6.07) is 6.84. The Labute approximate surface area is 112 Å². The topological polar surface area (TPSA) is 49.4 Å². The van der Waals surface area contributed by atoms with Crippen LogP contribution >= 0.6 is 11.6 Å². The van der Waals surface area contributed by atoms with E-state index in [0.29, 0.717) is 10.6 Å². The number of nitrogens with zero attached hydrogens (tertiary/aromatic N) is 1. The predicted molar refractivity (Wildman–Crippen MR) is 71.7 cm³/mol. The van der Waals surface area contributed by atoms with E-state index in [1.807, 2.05) is 13.8 Å². The fourth-order valence-electron chi connectivity index (χ4n) is 1.50. The summed E-state index contributed by atoms with van der Waals surface area (Å²) < 4.78 is 0. The molecule has 4 nitrogen and oxygen atoms in total. The monoisotopic (exact) mass is 268 g/mol. The van der Waals surface area contributed by atoms with Crippen molar-refractivity contribution < 1.29 is 9.59 Å². The fraction of sp³-hybridized carbons (Fsp3) is 0.385. The van der Waals surface area contributed by atoms with E-state index in [9.17, 15) is 9.59 Å². The molecule has 1 aromatic carbocycles. The minimum Gasteiger partial charge on any atom is -0.352 e. The summed E-state index contributed by atoms with van der Waals surface area (Å²) in [5.41, 5.74) is 0.402. The molecule has 0 unspecified atom stereocenters. The second-order valence-corrected chi connectivity index (χ2v) is 4.77. The standard InChI is InChI=1S/C13H17ClN2O2/c1-9(2)15-12(17)8-16(3)13(18)10-6-4-5-7-11(10)14/h4-7,9H,8H2,1-3H3,(H,15,17). The number of rotatable bonds is 4. The molecule has 5 heteroatoms. The largest absolute Gasteiger partial charge is 0.352 e. The first-order valence-corrected chi connectivity index (χ1v) is 6.09. The van der Waals surface area contributed by atoms with Gasteiger partial charge < -0.3 is 10.2 Å². The third kappa shape index (κ3) is 4.04. The Balaban J connectivity index is 2.68. The maximum atomic E-state index is 12.0. The van der Waals surface area contributed by atoms with Crippen LogP contribution in [0.15, 0.2) is 24.3 Å². The lowest BCUT2D eigenvalue weighted by atomic mass is 10.2. The van der Waals surface area contributed by atoms with Crippen LogP contribution in [0.5, 0.6) is 0 Å². The van der Waals surface area contributed by atoms with Crippen LogP contribution in [0.2, 0.25) is 5.02 Å². The zero-order chi connectivity index (χ0) is 13.7. The molecule has 0 aromatic heterocycles. The average Bonchev–Trinajstić information content (AvgIpc) is 2.27. The Morgan fingerprint density at radius 2 is 1.94 bits per heavy atom. The summed E-state index contributed by atoms with van der Waals surface area (Å²) in [6.45, 7) is 3.75. The van der Waals surface area contributed by atoms with Gasteiger partial charge in [-0.25, -0.2) is 0 Å². The van der Waals surface area contributed by atoms with Crippen molar-refractivity contribution in [3.63, 3.8) is 0 Å². The van der Waals surface area contributed by atoms with Crippen molar-refractivity contribution in [3.8, 4) is 0 Å². The van der Waals surface area contributed by atoms with Crippen molar-refractivity contribution in [1.82, 2.24) is 10.2 Å². The zero-order valence-corrected chi connectivity index (χ0v) is 11.5. The second-order valence-electron chi connectivity index (χ2n) is 4.36. The number of hydrogen-bond acceptors (Lipinski definition) is 2. The van der Waals surface area contributed by atoms with E-state index >= 15 is 0 Å². The van der Waals surface area contributed by atoms with Crippen LogP contribution in [-0.4, -0.2) is 36.3 Å². The van der Waals surface area contributed by atoms with Gasteiger partial charge in [-0.05, 0) is 26.0 Å². The Morgan fingerprint density at radius 3 is 2.50 bits per heavy atom. The molecule has 0 saturated carbocycles. The number of likely N-dealkylation sites (N-methyl/N-ethyl adjacent to an activating group) is 1. The summed E-state index contributed by atoms with van der Waals surface area (Å²) in [5.74, 6) is -0.451. The lowest BCUT2D eigenvalue weighted by Gasteiger charge is -2.18. The van der Waals surface area contributed by atoms with Gasteiger partial charge in [-0.15, -0.1) is 0 Å². The predicted octanol–water partition coefficient (Wildman–Crippen LogP) is 1.94. The highest BCUT2D eigenvalue weighted by molar-refractivity contribution is 6.33. The van der Waals surface area contributed by atoms with Gasteiger partial charge in [0.25, 0.3) is 5.91 Å². The van der Waals surface area contributed by atoms with Gasteiger partial charge in [-0.3, -0.25) is 9.59 Å². The Kier molecular flexibility index (Phi) is 5.16. The Hall–Kier alpha value is -1.55. The zero-order valence-electron chi connectivity index (χ0n) is 10.7. The van der Waals surface area contributed by atoms with E-state index in [0.717, 1.165) is 0 Å². The molecule has 1 aromatic rings. The molecule has 0 aliphatic heterocycles. The van der Waals surface area contributed by atoms with E-state index in [4.69, 9.17) is 11.6 Å². The molecule has 0 atom stereocenters. The fourth-order valence-corrected chi connectivity index (χ4v) is 1.71. The normalized spacial score (nSPS) is 10.3. The molecule has 0 spiro atoms. The van der Waals surface area contributed by atoms with E-state index in [1.54, 1.807) is 31.3 Å². The number of carbonyl (C=O) groups is 2. The van der Waals surface area contributed by atoms with Crippen LogP contribution < -0.4 is 5.32 Å². The molecule has 98 valence electrons. The summed E-state index contributed by atoms with van der Waals surface area (Å²) in [6.07, 6.45) is 0. The lowest BCUT2D eigenvalue weighted by Crippen LogP contribution is -2.40. The molecule has 0 radical (unpaired) electrons. The SMILES string of the molecule is CC(C)NC(=O)CN(C)C(=O)c1ccccc1Cl. The first-order valence-electron chi connectivity index (χ1n) is 5.71. The molecule has 0 fully saturated rings. The summed E-state index contributed by atoms with van der Waals surface area (Å²) in [7, 11) is 1.57. The maximum Gasteiger partial charge on any atom is 0.255 e. The van der Waals surface area contributed by atoms with Gasteiger partial charge in [0.2, 0.25) is 5.91 Å². The lowest BCUT2D eigenvalue weighted by molar-refractivity contribution is -0.122. The quantitative estimate of drug-likeness (QED) is 0.907. The van der Waals surface area contributed by atoms with Crippen molar-refractivity contribution in [2.75, 3.05) is 13.6 Å². The molecule has 1 N–H and O–H groups in total. The van der Waals surface area contributed by atoms with E-state index in [-0.39, 0.29) is 24.4 Å². The highest BCUT2D eigenvalue weighted by Crippen LogP contribution is 2.16. The third-order valence-corrected chi connectivity index (χ3v) is 2.61. The van der Waals surface area contributed by atoms with Crippen molar-refractivity contribution in [2.45, 2.75) is 19.9 Å². The van der Waals surface area contributed by atoms with E-state index in [2.05, 4.69) is 5.32 Å². The molecule has 0 bridgehead atoms. The van der Waals surface area contributed by atoms with Crippen LogP contribution in [-0.2, 0) is 4.79 Å². The van der Waals surface area contributed by atoms with Crippen molar-refractivity contribution in [3.05, 3.63) is 34.9 Å². The number of hydrogen-bond donors (Lipinski definition) is 1. The van der Waals surface area contributed by atoms with E-state index in [1.165, 1.54) is 4.90 Å². The van der Waals surface area contributed by atoms with Gasteiger partial charge in [0.05, 0.1) is 17.1 Å². The van der Waals surface area contributed by atoms with E-state index < -0.39 is 0 Å². The van der Waals surface area contributed by atoms with Gasteiger partial charge in [0.15, 0.2) is 0 Å². The highest BCUT2D eigenvalue weighted by atomic mass is 35.5. The maximum absolute atomic E-state index is 12.0. The number of halogens is 1. The summed E-state index contributed by atoms with van der Waals surface area (Å²) in [4.78, 5) is 24.9. The Bertz CT molecular complexity index is 446.